The maximum absolute atomic E-state index is 13.9. The van der Waals surface area contributed by atoms with Crippen molar-refractivity contribution in [1.29, 1.82) is 0 Å². The Bertz CT molecular complexity index is 985. The Hall–Kier alpha value is -3.55. The van der Waals surface area contributed by atoms with E-state index < -0.39 is 23.7 Å². The zero-order valence-electron chi connectivity index (χ0n) is 15.3. The van der Waals surface area contributed by atoms with Crippen molar-refractivity contribution in [3.8, 4) is 11.5 Å². The summed E-state index contributed by atoms with van der Waals surface area (Å²) < 4.78 is 24.4. The molecule has 1 atom stereocenters. The van der Waals surface area contributed by atoms with E-state index >= 15 is 0 Å². The van der Waals surface area contributed by atoms with E-state index in [-0.39, 0.29) is 24.0 Å². The highest BCUT2D eigenvalue weighted by Gasteiger charge is 2.30. The minimum absolute atomic E-state index is 0.0914. The van der Waals surface area contributed by atoms with Crippen LogP contribution in [0.1, 0.15) is 34.8 Å². The number of hydrogen-bond acceptors (Lipinski definition) is 6. The normalized spacial score (nSPS) is 11.7. The summed E-state index contributed by atoms with van der Waals surface area (Å²) in [7, 11) is 0. The monoisotopic (exact) mass is 383 g/mol. The molecule has 8 heteroatoms. The van der Waals surface area contributed by atoms with Crippen LogP contribution < -0.4 is 5.32 Å². The van der Waals surface area contributed by atoms with E-state index in [4.69, 9.17) is 9.15 Å². The van der Waals surface area contributed by atoms with Gasteiger partial charge in [-0.1, -0.05) is 29.8 Å². The number of nitrogens with zero attached hydrogens (tertiary/aromatic N) is 2. The van der Waals surface area contributed by atoms with Gasteiger partial charge in [-0.05, 0) is 38.1 Å². The van der Waals surface area contributed by atoms with Crippen LogP contribution in [0.15, 0.2) is 52.9 Å². The number of halogens is 1. The number of benzene rings is 2. The fourth-order valence-corrected chi connectivity index (χ4v) is 2.46. The summed E-state index contributed by atoms with van der Waals surface area (Å²) in [5.41, 5.74) is 1.44. The van der Waals surface area contributed by atoms with Gasteiger partial charge in [0.05, 0.1) is 12.2 Å². The molecular weight excluding hydrogens is 365 g/mol. The van der Waals surface area contributed by atoms with Crippen molar-refractivity contribution in [3.05, 3.63) is 71.4 Å². The topological polar surface area (TPSA) is 94.3 Å². The molecule has 28 heavy (non-hydrogen) atoms. The minimum atomic E-state index is -1.32. The number of carbonyl (C=O) groups excluding carboxylic acids is 2. The smallest absolute Gasteiger partial charge is 0.338 e. The molecule has 0 bridgehead atoms. The largest absolute Gasteiger partial charge is 0.464 e. The highest BCUT2D eigenvalue weighted by Crippen LogP contribution is 2.24. The zero-order valence-corrected chi connectivity index (χ0v) is 15.3. The van der Waals surface area contributed by atoms with Crippen LogP contribution in [0.25, 0.3) is 11.5 Å². The Morgan fingerprint density at radius 1 is 1.14 bits per heavy atom. The lowest BCUT2D eigenvalue weighted by Crippen LogP contribution is -2.35. The predicted molar refractivity (Wildman–Crippen MR) is 97.7 cm³/mol. The van der Waals surface area contributed by atoms with Crippen LogP contribution >= 0.6 is 0 Å². The molecule has 3 aromatic rings. The highest BCUT2D eigenvalue weighted by molar-refractivity contribution is 5.96. The number of esters is 1. The Balaban J connectivity index is 1.88. The summed E-state index contributed by atoms with van der Waals surface area (Å²) in [5.74, 6) is -2.12. The fraction of sp³-hybridized carbons (Fsp3) is 0.200. The molecule has 144 valence electrons. The zero-order chi connectivity index (χ0) is 20.1. The van der Waals surface area contributed by atoms with Crippen LogP contribution in [-0.2, 0) is 9.53 Å². The lowest BCUT2D eigenvalue weighted by Gasteiger charge is -2.14. The number of aryl methyl sites for hydroxylation is 1. The maximum atomic E-state index is 13.9. The second-order valence-electron chi connectivity index (χ2n) is 5.95. The number of aromatic nitrogens is 2. The van der Waals surface area contributed by atoms with Crippen LogP contribution in [0.5, 0.6) is 0 Å². The second-order valence-corrected chi connectivity index (χ2v) is 5.95. The molecule has 7 nitrogen and oxygen atoms in total. The molecule has 2 aromatic carbocycles. The van der Waals surface area contributed by atoms with Crippen LogP contribution in [-0.4, -0.2) is 28.7 Å². The predicted octanol–water partition coefficient (Wildman–Crippen LogP) is 3.22. The Morgan fingerprint density at radius 3 is 2.54 bits per heavy atom. The first kappa shape index (κ1) is 19.2. The van der Waals surface area contributed by atoms with Gasteiger partial charge in [-0.25, -0.2) is 9.18 Å². The quantitative estimate of drug-likeness (QED) is 0.657. The van der Waals surface area contributed by atoms with Crippen molar-refractivity contribution in [3.63, 3.8) is 0 Å². The summed E-state index contributed by atoms with van der Waals surface area (Å²) in [4.78, 5) is 24.8. The number of amides is 1. The van der Waals surface area contributed by atoms with Gasteiger partial charge in [-0.2, -0.15) is 0 Å². The third kappa shape index (κ3) is 4.22. The maximum Gasteiger partial charge on any atom is 0.338 e. The van der Waals surface area contributed by atoms with Gasteiger partial charge in [0.25, 0.3) is 17.7 Å². The molecule has 0 spiro atoms. The number of carbonyl (C=O) groups is 2. The Kier molecular flexibility index (Phi) is 5.78. The van der Waals surface area contributed by atoms with Gasteiger partial charge in [-0.3, -0.25) is 4.79 Å². The molecular formula is C20H18FN3O4. The van der Waals surface area contributed by atoms with Gasteiger partial charge >= 0.3 is 5.97 Å². The highest BCUT2D eigenvalue weighted by atomic mass is 19.1. The van der Waals surface area contributed by atoms with Crippen molar-refractivity contribution in [2.45, 2.75) is 19.9 Å². The Morgan fingerprint density at radius 2 is 1.86 bits per heavy atom. The molecule has 0 saturated carbocycles. The molecule has 1 amide bonds. The lowest BCUT2D eigenvalue weighted by atomic mass is 10.1. The van der Waals surface area contributed by atoms with E-state index in [0.717, 1.165) is 5.56 Å². The Labute approximate surface area is 160 Å². The van der Waals surface area contributed by atoms with E-state index in [1.807, 2.05) is 6.92 Å². The van der Waals surface area contributed by atoms with Crippen LogP contribution in [0.2, 0.25) is 0 Å². The minimum Gasteiger partial charge on any atom is -0.464 e. The molecule has 0 saturated heterocycles. The molecule has 0 aliphatic carbocycles. The summed E-state index contributed by atoms with van der Waals surface area (Å²) in [6.07, 6.45) is 0. The lowest BCUT2D eigenvalue weighted by molar-refractivity contribution is -0.146. The first-order valence-electron chi connectivity index (χ1n) is 8.62. The molecule has 0 unspecified atom stereocenters. The van der Waals surface area contributed by atoms with Gasteiger partial charge in [0.15, 0.2) is 0 Å². The molecule has 0 fully saturated rings. The molecule has 1 aromatic heterocycles. The van der Waals surface area contributed by atoms with Crippen LogP contribution in [0, 0.1) is 12.7 Å². The van der Waals surface area contributed by atoms with Gasteiger partial charge in [0.1, 0.15) is 5.82 Å². The van der Waals surface area contributed by atoms with Crippen molar-refractivity contribution in [2.24, 2.45) is 0 Å². The van der Waals surface area contributed by atoms with Crippen molar-refractivity contribution in [2.75, 3.05) is 6.61 Å². The van der Waals surface area contributed by atoms with Crippen LogP contribution in [0.4, 0.5) is 4.39 Å². The summed E-state index contributed by atoms with van der Waals surface area (Å²) in [6, 6.07) is 11.4. The van der Waals surface area contributed by atoms with E-state index in [0.29, 0.717) is 5.56 Å². The third-order valence-corrected chi connectivity index (χ3v) is 3.90. The van der Waals surface area contributed by atoms with Gasteiger partial charge in [-0.15, -0.1) is 10.2 Å². The van der Waals surface area contributed by atoms with Gasteiger partial charge in [0, 0.05) is 5.56 Å². The molecule has 0 radical (unpaired) electrons. The van der Waals surface area contributed by atoms with Crippen molar-refractivity contribution >= 4 is 11.9 Å². The van der Waals surface area contributed by atoms with Crippen molar-refractivity contribution in [1.82, 2.24) is 15.5 Å². The molecule has 1 N–H and O–H groups in total. The fourth-order valence-electron chi connectivity index (χ4n) is 2.46. The number of rotatable bonds is 6. The first-order valence-corrected chi connectivity index (χ1v) is 8.62. The summed E-state index contributed by atoms with van der Waals surface area (Å²) in [6.45, 7) is 3.63. The summed E-state index contributed by atoms with van der Waals surface area (Å²) in [5, 5.41) is 10.1. The summed E-state index contributed by atoms with van der Waals surface area (Å²) >= 11 is 0. The number of nitrogens with one attached hydrogen (secondary N) is 1. The average molecular weight is 383 g/mol. The van der Waals surface area contributed by atoms with E-state index in [1.165, 1.54) is 18.2 Å². The van der Waals surface area contributed by atoms with E-state index in [9.17, 15) is 14.0 Å². The molecule has 1 heterocycles. The molecule has 0 aliphatic rings. The SMILES string of the molecule is CCOC(=O)[C@@H](NC(=O)c1ccc(C)cc1)c1nnc(-c2ccccc2F)o1. The van der Waals surface area contributed by atoms with Gasteiger partial charge < -0.3 is 14.5 Å². The number of ether oxygens (including phenoxy) is 1. The number of hydrogen-bond donors (Lipinski definition) is 1. The first-order chi connectivity index (χ1) is 13.5. The van der Waals surface area contributed by atoms with E-state index in [1.54, 1.807) is 37.3 Å². The van der Waals surface area contributed by atoms with Crippen LogP contribution in [0.3, 0.4) is 0 Å². The third-order valence-electron chi connectivity index (χ3n) is 3.90. The van der Waals surface area contributed by atoms with Crippen molar-refractivity contribution < 1.29 is 23.1 Å². The van der Waals surface area contributed by atoms with E-state index in [2.05, 4.69) is 15.5 Å². The second kappa shape index (κ2) is 8.43. The average Bonchev–Trinajstić information content (AvgIpc) is 3.16. The molecule has 3 rings (SSSR count). The van der Waals surface area contributed by atoms with Gasteiger partial charge in [0.2, 0.25) is 6.04 Å². The standard InChI is InChI=1S/C20H18FN3O4/c1-3-27-20(26)16(22-17(25)13-10-8-12(2)9-11-13)19-24-23-18(28-19)14-6-4-5-7-15(14)21/h4-11,16H,3H2,1-2H3,(H,22,25)/t16-/m0/s1. The molecule has 0 aliphatic heterocycles.